The van der Waals surface area contributed by atoms with Gasteiger partial charge in [-0.25, -0.2) is 4.79 Å². The summed E-state index contributed by atoms with van der Waals surface area (Å²) >= 11 is 0. The lowest BCUT2D eigenvalue weighted by Crippen LogP contribution is -2.42. The summed E-state index contributed by atoms with van der Waals surface area (Å²) in [5, 5.41) is 5.71. The number of carbonyl (C=O) groups excluding carboxylic acids is 1. The highest BCUT2D eigenvalue weighted by Crippen LogP contribution is 2.16. The lowest BCUT2D eigenvalue weighted by Gasteiger charge is -2.22. The van der Waals surface area contributed by atoms with Crippen LogP contribution in [0.5, 0.6) is 0 Å². The van der Waals surface area contributed by atoms with Crippen molar-refractivity contribution in [3.63, 3.8) is 0 Å². The van der Waals surface area contributed by atoms with Crippen molar-refractivity contribution in [1.29, 1.82) is 0 Å². The third kappa shape index (κ3) is 5.84. The molecule has 0 atom stereocenters. The molecule has 2 N–H and O–H groups in total. The van der Waals surface area contributed by atoms with Crippen molar-refractivity contribution in [3.8, 4) is 0 Å². The Morgan fingerprint density at radius 1 is 1.21 bits per heavy atom. The van der Waals surface area contributed by atoms with E-state index in [0.29, 0.717) is 12.6 Å². The van der Waals surface area contributed by atoms with E-state index in [1.54, 1.807) is 0 Å². The Morgan fingerprint density at radius 2 is 1.79 bits per heavy atom. The molecular formula is C11H24N2O. The number of hydrogen-bond acceptors (Lipinski definition) is 1. The van der Waals surface area contributed by atoms with Crippen molar-refractivity contribution < 1.29 is 4.79 Å². The highest BCUT2D eigenvalue weighted by molar-refractivity contribution is 5.74. The molecule has 2 amide bonds. The summed E-state index contributed by atoms with van der Waals surface area (Å²) < 4.78 is 0. The molecule has 1 fully saturated rings. The summed E-state index contributed by atoms with van der Waals surface area (Å²) in [7, 11) is 0. The molecule has 1 aliphatic rings. The Morgan fingerprint density at radius 3 is 2.29 bits per heavy atom. The van der Waals surface area contributed by atoms with Gasteiger partial charge in [-0.3, -0.25) is 0 Å². The first-order valence-corrected chi connectivity index (χ1v) is 5.87. The molecule has 0 aromatic heterocycles. The number of urea groups is 1. The van der Waals surface area contributed by atoms with Crippen molar-refractivity contribution in [2.45, 2.75) is 58.9 Å². The Hall–Kier alpha value is -0.730. The first-order valence-electron chi connectivity index (χ1n) is 5.87. The van der Waals surface area contributed by atoms with Gasteiger partial charge in [0.2, 0.25) is 0 Å². The van der Waals surface area contributed by atoms with E-state index in [9.17, 15) is 4.79 Å². The standard InChI is InChI=1S/C9H18N2O.C2H6/c1-2-10-9(12)11-8-6-4-3-5-7-8;1-2/h8H,2-7H2,1H3,(H2,10,11,12);1-2H3. The van der Waals surface area contributed by atoms with Crippen molar-refractivity contribution >= 4 is 6.03 Å². The van der Waals surface area contributed by atoms with Crippen LogP contribution in [0.25, 0.3) is 0 Å². The molecule has 3 heteroatoms. The molecule has 0 saturated heterocycles. The normalized spacial score (nSPS) is 16.5. The smallest absolute Gasteiger partial charge is 0.314 e. The number of carbonyl (C=O) groups is 1. The van der Waals surface area contributed by atoms with Gasteiger partial charge < -0.3 is 10.6 Å². The summed E-state index contributed by atoms with van der Waals surface area (Å²) in [6.45, 7) is 6.64. The first kappa shape index (κ1) is 13.3. The van der Waals surface area contributed by atoms with E-state index in [-0.39, 0.29) is 6.03 Å². The Balaban J connectivity index is 0.000000791. The van der Waals surface area contributed by atoms with Crippen LogP contribution in [0.4, 0.5) is 4.79 Å². The van der Waals surface area contributed by atoms with Crippen molar-refractivity contribution in [2.75, 3.05) is 6.54 Å². The largest absolute Gasteiger partial charge is 0.338 e. The summed E-state index contributed by atoms with van der Waals surface area (Å²) in [5.41, 5.74) is 0. The van der Waals surface area contributed by atoms with Gasteiger partial charge in [0.1, 0.15) is 0 Å². The van der Waals surface area contributed by atoms with Crippen LogP contribution >= 0.6 is 0 Å². The van der Waals surface area contributed by atoms with Crippen LogP contribution in [0.1, 0.15) is 52.9 Å². The molecule has 84 valence electrons. The molecule has 0 unspecified atom stereocenters. The van der Waals surface area contributed by atoms with E-state index < -0.39 is 0 Å². The van der Waals surface area contributed by atoms with Crippen LogP contribution < -0.4 is 10.6 Å². The molecule has 14 heavy (non-hydrogen) atoms. The molecule has 1 aliphatic carbocycles. The number of rotatable bonds is 2. The topological polar surface area (TPSA) is 41.1 Å². The van der Waals surface area contributed by atoms with Crippen LogP contribution in [-0.2, 0) is 0 Å². The Labute approximate surface area is 87.6 Å². The summed E-state index contributed by atoms with van der Waals surface area (Å²) in [6.07, 6.45) is 6.15. The molecule has 0 aliphatic heterocycles. The van der Waals surface area contributed by atoms with Crippen molar-refractivity contribution in [2.24, 2.45) is 0 Å². The van der Waals surface area contributed by atoms with Gasteiger partial charge in [-0.2, -0.15) is 0 Å². The fraction of sp³-hybridized carbons (Fsp3) is 0.909. The minimum Gasteiger partial charge on any atom is -0.338 e. The van der Waals surface area contributed by atoms with E-state index in [1.807, 2.05) is 20.8 Å². The first-order chi connectivity index (χ1) is 6.83. The van der Waals surface area contributed by atoms with Gasteiger partial charge in [0.15, 0.2) is 0 Å². The van der Waals surface area contributed by atoms with Crippen molar-refractivity contribution in [1.82, 2.24) is 10.6 Å². The zero-order valence-corrected chi connectivity index (χ0v) is 9.73. The molecule has 0 aromatic carbocycles. The van der Waals surface area contributed by atoms with Gasteiger partial charge in [-0.1, -0.05) is 33.1 Å². The molecule has 0 radical (unpaired) electrons. The third-order valence-electron chi connectivity index (χ3n) is 2.28. The summed E-state index contributed by atoms with van der Waals surface area (Å²) in [6, 6.07) is 0.412. The third-order valence-corrected chi connectivity index (χ3v) is 2.28. The molecule has 0 aromatic rings. The fourth-order valence-electron chi connectivity index (χ4n) is 1.64. The van der Waals surface area contributed by atoms with E-state index in [0.717, 1.165) is 12.8 Å². The maximum Gasteiger partial charge on any atom is 0.314 e. The number of hydrogen-bond donors (Lipinski definition) is 2. The molecule has 1 rings (SSSR count). The SMILES string of the molecule is CC.CCNC(=O)NC1CCCCC1. The quantitative estimate of drug-likeness (QED) is 0.707. The maximum atomic E-state index is 11.1. The van der Waals surface area contributed by atoms with E-state index in [1.165, 1.54) is 19.3 Å². The average molecular weight is 200 g/mol. The van der Waals surface area contributed by atoms with Gasteiger partial charge >= 0.3 is 6.03 Å². The average Bonchev–Trinajstić information content (AvgIpc) is 2.22. The van der Waals surface area contributed by atoms with Crippen LogP contribution in [-0.4, -0.2) is 18.6 Å². The van der Waals surface area contributed by atoms with Gasteiger partial charge in [0.25, 0.3) is 0 Å². The summed E-state index contributed by atoms with van der Waals surface area (Å²) in [5.74, 6) is 0. The monoisotopic (exact) mass is 200 g/mol. The van der Waals surface area contributed by atoms with Crippen LogP contribution in [0.15, 0.2) is 0 Å². The number of amides is 2. The highest BCUT2D eigenvalue weighted by atomic mass is 16.2. The minimum absolute atomic E-state index is 0.00981. The Kier molecular flexibility index (Phi) is 8.39. The highest BCUT2D eigenvalue weighted by Gasteiger charge is 2.14. The van der Waals surface area contributed by atoms with Crippen LogP contribution in [0, 0.1) is 0 Å². The maximum absolute atomic E-state index is 11.1. The van der Waals surface area contributed by atoms with E-state index in [4.69, 9.17) is 0 Å². The number of nitrogens with one attached hydrogen (secondary N) is 2. The second kappa shape index (κ2) is 8.85. The molecular weight excluding hydrogens is 176 g/mol. The van der Waals surface area contributed by atoms with Gasteiger partial charge in [-0.05, 0) is 19.8 Å². The van der Waals surface area contributed by atoms with Gasteiger partial charge in [0.05, 0.1) is 0 Å². The van der Waals surface area contributed by atoms with Crippen LogP contribution in [0.3, 0.4) is 0 Å². The van der Waals surface area contributed by atoms with Crippen LogP contribution in [0.2, 0.25) is 0 Å². The second-order valence-corrected chi connectivity index (χ2v) is 3.34. The summed E-state index contributed by atoms with van der Waals surface area (Å²) in [4.78, 5) is 11.1. The second-order valence-electron chi connectivity index (χ2n) is 3.34. The fourth-order valence-corrected chi connectivity index (χ4v) is 1.64. The van der Waals surface area contributed by atoms with E-state index >= 15 is 0 Å². The predicted octanol–water partition coefficient (Wildman–Crippen LogP) is 2.66. The minimum atomic E-state index is -0.00981. The van der Waals surface area contributed by atoms with Gasteiger partial charge in [0, 0.05) is 12.6 Å². The predicted molar refractivity (Wildman–Crippen MR) is 60.4 cm³/mol. The van der Waals surface area contributed by atoms with E-state index in [2.05, 4.69) is 10.6 Å². The zero-order chi connectivity index (χ0) is 10.8. The zero-order valence-electron chi connectivity index (χ0n) is 9.73. The Bertz CT molecular complexity index is 142. The van der Waals surface area contributed by atoms with Crippen molar-refractivity contribution in [3.05, 3.63) is 0 Å². The molecule has 0 bridgehead atoms. The molecule has 1 saturated carbocycles. The molecule has 0 spiro atoms. The molecule has 0 heterocycles. The lowest BCUT2D eigenvalue weighted by molar-refractivity contribution is 0.233. The lowest BCUT2D eigenvalue weighted by atomic mass is 9.96. The molecule has 3 nitrogen and oxygen atoms in total. The van der Waals surface area contributed by atoms with Gasteiger partial charge in [-0.15, -0.1) is 0 Å².